The molecule has 0 saturated heterocycles. The van der Waals surface area contributed by atoms with Crippen molar-refractivity contribution in [2.45, 2.75) is 6.42 Å². The van der Waals surface area contributed by atoms with Gasteiger partial charge in [0, 0.05) is 13.0 Å². The van der Waals surface area contributed by atoms with E-state index in [0.717, 1.165) is 18.0 Å². The highest BCUT2D eigenvalue weighted by Crippen LogP contribution is 1.81. The summed E-state index contributed by atoms with van der Waals surface area (Å²) in [7, 11) is 0. The second kappa shape index (κ2) is 5.51. The van der Waals surface area contributed by atoms with Gasteiger partial charge < -0.3 is 5.32 Å². The van der Waals surface area contributed by atoms with E-state index < -0.39 is 0 Å². The lowest BCUT2D eigenvalue weighted by atomic mass is 10.4. The van der Waals surface area contributed by atoms with E-state index in [2.05, 4.69) is 18.5 Å². The molecule has 0 aliphatic rings. The second-order valence-corrected chi connectivity index (χ2v) is 2.08. The van der Waals surface area contributed by atoms with Gasteiger partial charge in [0.05, 0.1) is 4.99 Å². The maximum atomic E-state index is 4.89. The zero-order chi connectivity index (χ0) is 7.11. The number of rotatable bonds is 4. The molecule has 0 bridgehead atoms. The Balaban J connectivity index is 3.26. The van der Waals surface area contributed by atoms with Crippen molar-refractivity contribution in [3.05, 3.63) is 25.3 Å². The van der Waals surface area contributed by atoms with Crippen LogP contribution in [0.25, 0.3) is 0 Å². The lowest BCUT2D eigenvalue weighted by Gasteiger charge is -1.99. The van der Waals surface area contributed by atoms with Crippen LogP contribution in [0.3, 0.4) is 0 Å². The molecule has 0 aromatic carbocycles. The molecule has 0 fully saturated rings. The monoisotopic (exact) mass is 141 g/mol. The zero-order valence-electron chi connectivity index (χ0n) is 5.39. The van der Waals surface area contributed by atoms with Crippen LogP contribution in [0.5, 0.6) is 0 Å². The highest BCUT2D eigenvalue weighted by Gasteiger charge is 1.86. The Bertz CT molecular complexity index is 118. The fourth-order valence-corrected chi connectivity index (χ4v) is 0.590. The predicted octanol–water partition coefficient (Wildman–Crippen LogP) is 1.67. The summed E-state index contributed by atoms with van der Waals surface area (Å²) in [6.45, 7) is 7.84. The third-order valence-electron chi connectivity index (χ3n) is 0.773. The molecule has 0 aromatic heterocycles. The van der Waals surface area contributed by atoms with Crippen molar-refractivity contribution in [1.29, 1.82) is 0 Å². The SMILES string of the molecule is C=CCNC(=S)CC=C. The number of thiocarbonyl (C=S) groups is 1. The van der Waals surface area contributed by atoms with Crippen molar-refractivity contribution in [3.63, 3.8) is 0 Å². The van der Waals surface area contributed by atoms with Gasteiger partial charge in [-0.25, -0.2) is 0 Å². The molecule has 0 rings (SSSR count). The Morgan fingerprint density at radius 1 is 1.44 bits per heavy atom. The minimum atomic E-state index is 0.743. The molecule has 1 N–H and O–H groups in total. The van der Waals surface area contributed by atoms with Gasteiger partial charge in [-0.05, 0) is 0 Å². The highest BCUT2D eigenvalue weighted by atomic mass is 32.1. The fraction of sp³-hybridized carbons (Fsp3) is 0.286. The van der Waals surface area contributed by atoms with Crippen molar-refractivity contribution in [3.8, 4) is 0 Å². The van der Waals surface area contributed by atoms with E-state index in [9.17, 15) is 0 Å². The zero-order valence-corrected chi connectivity index (χ0v) is 6.21. The van der Waals surface area contributed by atoms with Gasteiger partial charge >= 0.3 is 0 Å². The van der Waals surface area contributed by atoms with Crippen molar-refractivity contribution >= 4 is 17.2 Å². The Morgan fingerprint density at radius 2 is 2.11 bits per heavy atom. The van der Waals surface area contributed by atoms with E-state index in [1.165, 1.54) is 0 Å². The Hall–Kier alpha value is -0.630. The fourth-order valence-electron chi connectivity index (χ4n) is 0.389. The summed E-state index contributed by atoms with van der Waals surface area (Å²) in [5.74, 6) is 0. The molecule has 9 heavy (non-hydrogen) atoms. The van der Waals surface area contributed by atoms with Gasteiger partial charge in [-0.1, -0.05) is 24.4 Å². The normalized spacial score (nSPS) is 8.00. The minimum absolute atomic E-state index is 0.743. The molecule has 0 unspecified atom stereocenters. The molecular formula is C7H11NS. The van der Waals surface area contributed by atoms with Crippen molar-refractivity contribution in [2.75, 3.05) is 6.54 Å². The van der Waals surface area contributed by atoms with Gasteiger partial charge in [-0.2, -0.15) is 0 Å². The molecule has 0 aliphatic heterocycles. The lowest BCUT2D eigenvalue weighted by Crippen LogP contribution is -2.19. The Morgan fingerprint density at radius 3 is 2.56 bits per heavy atom. The number of nitrogens with one attached hydrogen (secondary N) is 1. The molecule has 0 amide bonds. The molecule has 0 heterocycles. The molecule has 0 radical (unpaired) electrons. The summed E-state index contributed by atoms with van der Waals surface area (Å²) in [5, 5.41) is 2.98. The topological polar surface area (TPSA) is 12.0 Å². The maximum Gasteiger partial charge on any atom is 0.0793 e. The largest absolute Gasteiger partial charge is 0.376 e. The predicted molar refractivity (Wildman–Crippen MR) is 45.6 cm³/mol. The summed E-state index contributed by atoms with van der Waals surface area (Å²) in [4.78, 5) is 0.824. The van der Waals surface area contributed by atoms with Gasteiger partial charge in [0.1, 0.15) is 0 Å². The molecule has 2 heteroatoms. The summed E-state index contributed by atoms with van der Waals surface area (Å²) < 4.78 is 0. The Labute approximate surface area is 61.5 Å². The van der Waals surface area contributed by atoms with Crippen LogP contribution in [-0.2, 0) is 0 Å². The lowest BCUT2D eigenvalue weighted by molar-refractivity contribution is 1.04. The van der Waals surface area contributed by atoms with E-state index in [-0.39, 0.29) is 0 Å². The number of hydrogen-bond acceptors (Lipinski definition) is 1. The summed E-state index contributed by atoms with van der Waals surface area (Å²) in [6.07, 6.45) is 4.30. The third kappa shape index (κ3) is 5.24. The highest BCUT2D eigenvalue weighted by molar-refractivity contribution is 7.80. The van der Waals surface area contributed by atoms with E-state index in [1.807, 2.05) is 0 Å². The van der Waals surface area contributed by atoms with Crippen LogP contribution in [0.1, 0.15) is 6.42 Å². The average Bonchev–Trinajstić information content (AvgIpc) is 1.85. The quantitative estimate of drug-likeness (QED) is 0.472. The maximum absolute atomic E-state index is 4.89. The minimum Gasteiger partial charge on any atom is -0.376 e. The van der Waals surface area contributed by atoms with Gasteiger partial charge in [0.2, 0.25) is 0 Å². The van der Waals surface area contributed by atoms with E-state index in [0.29, 0.717) is 0 Å². The van der Waals surface area contributed by atoms with Crippen LogP contribution >= 0.6 is 12.2 Å². The third-order valence-corrected chi connectivity index (χ3v) is 1.08. The van der Waals surface area contributed by atoms with Crippen molar-refractivity contribution < 1.29 is 0 Å². The van der Waals surface area contributed by atoms with Crippen LogP contribution < -0.4 is 5.32 Å². The molecule has 0 aliphatic carbocycles. The van der Waals surface area contributed by atoms with Crippen LogP contribution in [0.15, 0.2) is 25.3 Å². The molecule has 1 nitrogen and oxygen atoms in total. The first kappa shape index (κ1) is 8.37. The first-order valence-electron chi connectivity index (χ1n) is 2.79. The molecule has 0 saturated carbocycles. The number of hydrogen-bond donors (Lipinski definition) is 1. The molecular weight excluding hydrogens is 130 g/mol. The summed E-state index contributed by atoms with van der Waals surface area (Å²) >= 11 is 4.89. The van der Waals surface area contributed by atoms with E-state index in [4.69, 9.17) is 12.2 Å². The van der Waals surface area contributed by atoms with E-state index >= 15 is 0 Å². The van der Waals surface area contributed by atoms with Gasteiger partial charge in [-0.3, -0.25) is 0 Å². The van der Waals surface area contributed by atoms with Crippen LogP contribution in [0.2, 0.25) is 0 Å². The van der Waals surface area contributed by atoms with Crippen LogP contribution in [0.4, 0.5) is 0 Å². The first-order valence-corrected chi connectivity index (χ1v) is 3.20. The van der Waals surface area contributed by atoms with E-state index in [1.54, 1.807) is 12.2 Å². The molecule has 0 spiro atoms. The first-order chi connectivity index (χ1) is 4.31. The Kier molecular flexibility index (Phi) is 5.12. The van der Waals surface area contributed by atoms with Crippen molar-refractivity contribution in [1.82, 2.24) is 5.32 Å². The molecule has 0 atom stereocenters. The molecule has 50 valence electrons. The molecule has 0 aromatic rings. The summed E-state index contributed by atoms with van der Waals surface area (Å²) in [6, 6.07) is 0. The van der Waals surface area contributed by atoms with Crippen molar-refractivity contribution in [2.24, 2.45) is 0 Å². The van der Waals surface area contributed by atoms with Crippen LogP contribution in [-0.4, -0.2) is 11.5 Å². The van der Waals surface area contributed by atoms with Gasteiger partial charge in [0.25, 0.3) is 0 Å². The smallest absolute Gasteiger partial charge is 0.0793 e. The standard InChI is InChI=1S/C7H11NS/c1-3-5-7(9)8-6-4-2/h3-4H,1-2,5-6H2,(H,8,9). The van der Waals surface area contributed by atoms with Gasteiger partial charge in [-0.15, -0.1) is 13.2 Å². The summed E-state index contributed by atoms with van der Waals surface area (Å²) in [5.41, 5.74) is 0. The van der Waals surface area contributed by atoms with Gasteiger partial charge in [0.15, 0.2) is 0 Å². The second-order valence-electron chi connectivity index (χ2n) is 1.59. The average molecular weight is 141 g/mol. The van der Waals surface area contributed by atoms with Crippen LogP contribution in [0, 0.1) is 0 Å².